The van der Waals surface area contributed by atoms with E-state index in [1.54, 1.807) is 0 Å². The minimum absolute atomic E-state index is 0. The molecule has 8 heteroatoms. The summed E-state index contributed by atoms with van der Waals surface area (Å²) in [6.07, 6.45) is 7.03. The summed E-state index contributed by atoms with van der Waals surface area (Å²) >= 11 is 0. The van der Waals surface area contributed by atoms with Crippen molar-refractivity contribution >= 4 is 29.9 Å². The number of hydrogen-bond donors (Lipinski definition) is 1. The summed E-state index contributed by atoms with van der Waals surface area (Å²) in [7, 11) is 4.08. The van der Waals surface area contributed by atoms with Crippen molar-refractivity contribution < 1.29 is 0 Å². The third-order valence-electron chi connectivity index (χ3n) is 6.81. The lowest BCUT2D eigenvalue weighted by molar-refractivity contribution is 0.148. The molecule has 4 rings (SSSR count). The van der Waals surface area contributed by atoms with E-state index in [0.29, 0.717) is 12.0 Å². The zero-order chi connectivity index (χ0) is 21.6. The number of benzene rings is 1. The monoisotopic (exact) mass is 551 g/mol. The van der Waals surface area contributed by atoms with Gasteiger partial charge in [0.05, 0.1) is 12.4 Å². The Hall–Kier alpha value is -1.65. The van der Waals surface area contributed by atoms with Crippen molar-refractivity contribution in [3.8, 4) is 0 Å². The van der Waals surface area contributed by atoms with Crippen molar-refractivity contribution in [3.05, 3.63) is 54.1 Å². The molecule has 2 atom stereocenters. The molecular weight excluding hydrogens is 513 g/mol. The number of piperidine rings is 1. The largest absolute Gasteiger partial charge is 0.352 e. The van der Waals surface area contributed by atoms with Crippen LogP contribution >= 0.6 is 24.0 Å². The molecule has 0 saturated carbocycles. The molecule has 2 aliphatic heterocycles. The first-order chi connectivity index (χ1) is 15.1. The molecule has 176 valence electrons. The van der Waals surface area contributed by atoms with E-state index in [0.717, 1.165) is 64.7 Å². The molecule has 0 spiro atoms. The van der Waals surface area contributed by atoms with E-state index in [9.17, 15) is 0 Å². The van der Waals surface area contributed by atoms with Gasteiger partial charge in [0.2, 0.25) is 0 Å². The van der Waals surface area contributed by atoms with Gasteiger partial charge in [-0.25, -0.2) is 4.98 Å². The quantitative estimate of drug-likeness (QED) is 0.352. The molecular formula is C24H38IN7. The number of guanidine groups is 1. The number of nitrogens with zero attached hydrogens (tertiary/aromatic N) is 6. The fourth-order valence-corrected chi connectivity index (χ4v) is 4.64. The smallest absolute Gasteiger partial charge is 0.193 e. The van der Waals surface area contributed by atoms with Crippen molar-refractivity contribution in [2.75, 3.05) is 53.4 Å². The number of aromatic nitrogens is 2. The Morgan fingerprint density at radius 2 is 1.81 bits per heavy atom. The van der Waals surface area contributed by atoms with Gasteiger partial charge in [0, 0.05) is 71.8 Å². The third-order valence-corrected chi connectivity index (χ3v) is 6.81. The minimum Gasteiger partial charge on any atom is -0.352 e. The van der Waals surface area contributed by atoms with Gasteiger partial charge in [-0.2, -0.15) is 0 Å². The van der Waals surface area contributed by atoms with E-state index < -0.39 is 0 Å². The van der Waals surface area contributed by atoms with Gasteiger partial charge in [0.15, 0.2) is 5.96 Å². The maximum absolute atomic E-state index is 4.56. The summed E-state index contributed by atoms with van der Waals surface area (Å²) in [6, 6.07) is 9.48. The number of piperazine rings is 1. The molecule has 1 aromatic heterocycles. The van der Waals surface area contributed by atoms with Crippen molar-refractivity contribution in [2.24, 2.45) is 10.9 Å². The van der Waals surface area contributed by atoms with Crippen LogP contribution in [-0.2, 0) is 13.1 Å². The molecule has 32 heavy (non-hydrogen) atoms. The number of nitrogens with one attached hydrogen (secondary N) is 1. The van der Waals surface area contributed by atoms with Gasteiger partial charge < -0.3 is 19.7 Å². The Kier molecular flexibility index (Phi) is 9.36. The minimum atomic E-state index is 0. The summed E-state index contributed by atoms with van der Waals surface area (Å²) in [6.45, 7) is 10.8. The number of aliphatic imine (C=N–C) groups is 1. The van der Waals surface area contributed by atoms with Crippen LogP contribution in [0.5, 0.6) is 0 Å². The van der Waals surface area contributed by atoms with Gasteiger partial charge in [0.1, 0.15) is 0 Å². The number of likely N-dealkylation sites (N-methyl/N-ethyl adjacent to an activating group) is 1. The zero-order valence-corrected chi connectivity index (χ0v) is 22.0. The molecule has 3 heterocycles. The van der Waals surface area contributed by atoms with Crippen LogP contribution in [-0.4, -0.2) is 83.6 Å². The van der Waals surface area contributed by atoms with Gasteiger partial charge in [-0.1, -0.05) is 31.2 Å². The Morgan fingerprint density at radius 1 is 1.09 bits per heavy atom. The predicted octanol–water partition coefficient (Wildman–Crippen LogP) is 2.91. The van der Waals surface area contributed by atoms with Crippen LogP contribution in [0.2, 0.25) is 0 Å². The van der Waals surface area contributed by atoms with Crippen molar-refractivity contribution in [1.29, 1.82) is 0 Å². The summed E-state index contributed by atoms with van der Waals surface area (Å²) in [4.78, 5) is 16.1. The number of imidazole rings is 1. The molecule has 2 fully saturated rings. The molecule has 0 radical (unpaired) electrons. The summed E-state index contributed by atoms with van der Waals surface area (Å²) in [5, 5.41) is 3.58. The summed E-state index contributed by atoms with van der Waals surface area (Å²) < 4.78 is 2.24. The van der Waals surface area contributed by atoms with Crippen LogP contribution in [0.15, 0.2) is 48.0 Å². The molecule has 2 aromatic rings. The first kappa shape index (κ1) is 25.0. The van der Waals surface area contributed by atoms with Crippen molar-refractivity contribution in [3.63, 3.8) is 0 Å². The lowest BCUT2D eigenvalue weighted by Crippen LogP contribution is -2.48. The first-order valence-electron chi connectivity index (χ1n) is 11.5. The fourth-order valence-electron chi connectivity index (χ4n) is 4.64. The third kappa shape index (κ3) is 6.45. The molecule has 2 unspecified atom stereocenters. The van der Waals surface area contributed by atoms with Crippen LogP contribution in [0.25, 0.3) is 0 Å². The van der Waals surface area contributed by atoms with Gasteiger partial charge in [-0.05, 0) is 30.5 Å². The van der Waals surface area contributed by atoms with Gasteiger partial charge in [-0.3, -0.25) is 9.89 Å². The van der Waals surface area contributed by atoms with Gasteiger partial charge >= 0.3 is 0 Å². The summed E-state index contributed by atoms with van der Waals surface area (Å²) in [5.74, 6) is 1.62. The van der Waals surface area contributed by atoms with E-state index >= 15 is 0 Å². The highest BCUT2D eigenvalue weighted by Crippen LogP contribution is 2.27. The highest BCUT2D eigenvalue weighted by atomic mass is 127. The van der Waals surface area contributed by atoms with Crippen molar-refractivity contribution in [2.45, 2.75) is 32.5 Å². The van der Waals surface area contributed by atoms with E-state index in [-0.39, 0.29) is 24.0 Å². The highest BCUT2D eigenvalue weighted by molar-refractivity contribution is 14.0. The van der Waals surface area contributed by atoms with Gasteiger partial charge in [-0.15, -0.1) is 24.0 Å². The standard InChI is InChI=1S/C24H37N7.HI/c1-20-8-10-30(18-23(20)31-11-9-26-19-31)24(25-2)27-16-21-4-6-22(7-5-21)17-29-14-12-28(3)13-15-29;/h4-7,9,11,19-20,23H,8,10,12-18H2,1-3H3,(H,25,27);1H. The van der Waals surface area contributed by atoms with Crippen molar-refractivity contribution in [1.82, 2.24) is 29.6 Å². The van der Waals surface area contributed by atoms with Crippen LogP contribution in [0.4, 0.5) is 0 Å². The van der Waals surface area contributed by atoms with E-state index in [2.05, 4.69) is 79.0 Å². The highest BCUT2D eigenvalue weighted by Gasteiger charge is 2.28. The Morgan fingerprint density at radius 3 is 2.47 bits per heavy atom. The number of halogens is 1. The summed E-state index contributed by atoms with van der Waals surface area (Å²) in [5.41, 5.74) is 2.69. The second-order valence-electron chi connectivity index (χ2n) is 9.09. The molecule has 7 nitrogen and oxygen atoms in total. The number of rotatable bonds is 5. The van der Waals surface area contributed by atoms with Crippen LogP contribution in [0, 0.1) is 5.92 Å². The Bertz CT molecular complexity index is 829. The molecule has 1 aromatic carbocycles. The average molecular weight is 552 g/mol. The van der Waals surface area contributed by atoms with E-state index in [4.69, 9.17) is 0 Å². The topological polar surface area (TPSA) is 51.9 Å². The molecule has 2 aliphatic rings. The van der Waals surface area contributed by atoms with Crippen LogP contribution in [0.1, 0.15) is 30.5 Å². The normalized spacial score (nSPS) is 23.1. The average Bonchev–Trinajstić information content (AvgIpc) is 3.32. The second-order valence-corrected chi connectivity index (χ2v) is 9.09. The maximum atomic E-state index is 4.56. The van der Waals surface area contributed by atoms with E-state index in [1.807, 2.05) is 19.6 Å². The Labute approximate surface area is 209 Å². The maximum Gasteiger partial charge on any atom is 0.193 e. The first-order valence-corrected chi connectivity index (χ1v) is 11.5. The molecule has 1 N–H and O–H groups in total. The van der Waals surface area contributed by atoms with Crippen LogP contribution in [0.3, 0.4) is 0 Å². The fraction of sp³-hybridized carbons (Fsp3) is 0.583. The molecule has 0 amide bonds. The zero-order valence-electron chi connectivity index (χ0n) is 19.7. The number of likely N-dealkylation sites (tertiary alicyclic amines) is 1. The van der Waals surface area contributed by atoms with Crippen LogP contribution < -0.4 is 5.32 Å². The predicted molar refractivity (Wildman–Crippen MR) is 141 cm³/mol. The van der Waals surface area contributed by atoms with Gasteiger partial charge in [0.25, 0.3) is 0 Å². The molecule has 2 saturated heterocycles. The Balaban J connectivity index is 0.00000289. The lowest BCUT2D eigenvalue weighted by atomic mass is 9.93. The molecule has 0 bridgehead atoms. The molecule has 0 aliphatic carbocycles. The number of hydrogen-bond acceptors (Lipinski definition) is 4. The SMILES string of the molecule is CN=C(NCc1ccc(CN2CCN(C)CC2)cc1)N1CCC(C)C(n2ccnc2)C1.I. The second kappa shape index (κ2) is 12.0. The lowest BCUT2D eigenvalue weighted by Gasteiger charge is -2.39. The van der Waals surface area contributed by atoms with E-state index in [1.165, 1.54) is 11.1 Å².